The number of aromatic amines is 1. The molecule has 2 aromatic rings. The molecule has 0 saturated carbocycles. The first kappa shape index (κ1) is 11.6. The zero-order valence-corrected chi connectivity index (χ0v) is 10.4. The van der Waals surface area contributed by atoms with E-state index in [1.165, 1.54) is 0 Å². The summed E-state index contributed by atoms with van der Waals surface area (Å²) in [5.41, 5.74) is 2.90. The van der Waals surface area contributed by atoms with Crippen molar-refractivity contribution in [2.45, 2.75) is 6.54 Å². The molecule has 6 heteroatoms. The number of hydrogen-bond donors (Lipinski definition) is 3. The number of amides is 2. The smallest absolute Gasteiger partial charge is 0.321 e. The van der Waals surface area contributed by atoms with Crippen LogP contribution in [0.1, 0.15) is 5.69 Å². The van der Waals surface area contributed by atoms with Crippen LogP contribution < -0.4 is 15.5 Å². The minimum Gasteiger partial charge on any atom is -0.379 e. The molecule has 0 bridgehead atoms. The lowest BCUT2D eigenvalue weighted by Gasteiger charge is -2.15. The summed E-state index contributed by atoms with van der Waals surface area (Å²) in [7, 11) is 0. The predicted octanol–water partition coefficient (Wildman–Crippen LogP) is 1.55. The summed E-state index contributed by atoms with van der Waals surface area (Å²) in [5, 5.41) is 6.09. The van der Waals surface area contributed by atoms with Gasteiger partial charge in [-0.25, -0.2) is 9.78 Å². The summed E-state index contributed by atoms with van der Waals surface area (Å²) < 4.78 is 0. The highest BCUT2D eigenvalue weighted by molar-refractivity contribution is 5.94. The average molecular weight is 257 g/mol. The molecule has 1 aliphatic rings. The second-order valence-electron chi connectivity index (χ2n) is 4.36. The molecule has 0 atom stereocenters. The zero-order valence-electron chi connectivity index (χ0n) is 10.4. The van der Waals surface area contributed by atoms with Gasteiger partial charge in [-0.05, 0) is 18.2 Å². The van der Waals surface area contributed by atoms with Crippen LogP contribution in [0.2, 0.25) is 0 Å². The van der Waals surface area contributed by atoms with E-state index in [2.05, 4.69) is 20.6 Å². The number of anilines is 2. The van der Waals surface area contributed by atoms with Crippen molar-refractivity contribution in [1.82, 2.24) is 15.3 Å². The molecule has 2 amide bonds. The molecular weight excluding hydrogens is 242 g/mol. The van der Waals surface area contributed by atoms with Crippen LogP contribution in [0.15, 0.2) is 36.8 Å². The molecule has 1 saturated heterocycles. The van der Waals surface area contributed by atoms with Gasteiger partial charge in [0.25, 0.3) is 0 Å². The summed E-state index contributed by atoms with van der Waals surface area (Å²) in [6.07, 6.45) is 3.44. The maximum atomic E-state index is 11.6. The molecule has 98 valence electrons. The molecule has 2 heterocycles. The predicted molar refractivity (Wildman–Crippen MR) is 73.1 cm³/mol. The van der Waals surface area contributed by atoms with E-state index < -0.39 is 0 Å². The lowest BCUT2D eigenvalue weighted by atomic mass is 10.2. The van der Waals surface area contributed by atoms with E-state index in [0.717, 1.165) is 17.1 Å². The molecule has 19 heavy (non-hydrogen) atoms. The minimum atomic E-state index is -0.0364. The van der Waals surface area contributed by atoms with Crippen LogP contribution in [0.25, 0.3) is 0 Å². The first-order valence-corrected chi connectivity index (χ1v) is 6.19. The van der Waals surface area contributed by atoms with Crippen LogP contribution >= 0.6 is 0 Å². The van der Waals surface area contributed by atoms with Gasteiger partial charge in [-0.15, -0.1) is 0 Å². The van der Waals surface area contributed by atoms with Crippen LogP contribution in [0.4, 0.5) is 16.2 Å². The van der Waals surface area contributed by atoms with Gasteiger partial charge in [-0.3, -0.25) is 4.90 Å². The molecule has 1 fully saturated rings. The zero-order chi connectivity index (χ0) is 13.1. The van der Waals surface area contributed by atoms with E-state index in [4.69, 9.17) is 0 Å². The molecule has 6 nitrogen and oxygen atoms in total. The van der Waals surface area contributed by atoms with Gasteiger partial charge in [0.1, 0.15) is 0 Å². The normalized spacial score (nSPS) is 14.5. The van der Waals surface area contributed by atoms with Crippen LogP contribution in [-0.4, -0.2) is 29.1 Å². The third-order valence-electron chi connectivity index (χ3n) is 3.05. The molecule has 0 radical (unpaired) electrons. The van der Waals surface area contributed by atoms with Gasteiger partial charge < -0.3 is 15.6 Å². The highest BCUT2D eigenvalue weighted by Crippen LogP contribution is 2.21. The Kier molecular flexibility index (Phi) is 3.06. The second-order valence-corrected chi connectivity index (χ2v) is 4.36. The third kappa shape index (κ3) is 2.52. The molecule has 0 aliphatic carbocycles. The summed E-state index contributed by atoms with van der Waals surface area (Å²) in [5.74, 6) is 0. The summed E-state index contributed by atoms with van der Waals surface area (Å²) >= 11 is 0. The van der Waals surface area contributed by atoms with E-state index in [9.17, 15) is 4.79 Å². The van der Waals surface area contributed by atoms with Crippen molar-refractivity contribution in [3.05, 3.63) is 42.5 Å². The number of carbonyl (C=O) groups is 1. The van der Waals surface area contributed by atoms with Crippen LogP contribution in [-0.2, 0) is 6.54 Å². The largest absolute Gasteiger partial charge is 0.379 e. The maximum absolute atomic E-state index is 11.6. The number of hydrogen-bond acceptors (Lipinski definition) is 3. The first-order valence-electron chi connectivity index (χ1n) is 6.19. The monoisotopic (exact) mass is 257 g/mol. The van der Waals surface area contributed by atoms with E-state index in [1.54, 1.807) is 17.4 Å². The standard InChI is InChI=1S/C13H15N5O/c19-13-15-4-5-18(13)12-3-1-2-10(6-12)16-8-11-7-14-9-17-11/h1-3,6-7,9,16H,4-5,8H2,(H,14,17)(H,15,19). The fraction of sp³-hybridized carbons (Fsp3) is 0.231. The Bertz CT molecular complexity index is 566. The Labute approximate surface area is 110 Å². The molecule has 0 spiro atoms. The van der Waals surface area contributed by atoms with Gasteiger partial charge in [0, 0.05) is 30.7 Å². The van der Waals surface area contributed by atoms with Crippen molar-refractivity contribution in [2.24, 2.45) is 0 Å². The summed E-state index contributed by atoms with van der Waals surface area (Å²) in [6.45, 7) is 2.09. The average Bonchev–Trinajstić information content (AvgIpc) is 3.08. The quantitative estimate of drug-likeness (QED) is 0.778. The molecule has 0 unspecified atom stereocenters. The van der Waals surface area contributed by atoms with Gasteiger partial charge in [0.05, 0.1) is 18.6 Å². The molecular formula is C13H15N5O. The number of rotatable bonds is 4. The lowest BCUT2D eigenvalue weighted by molar-refractivity contribution is 0.252. The maximum Gasteiger partial charge on any atom is 0.321 e. The Morgan fingerprint density at radius 2 is 2.37 bits per heavy atom. The van der Waals surface area contributed by atoms with E-state index in [0.29, 0.717) is 19.6 Å². The van der Waals surface area contributed by atoms with Crippen LogP contribution in [0.5, 0.6) is 0 Å². The van der Waals surface area contributed by atoms with Crippen molar-refractivity contribution in [3.8, 4) is 0 Å². The van der Waals surface area contributed by atoms with E-state index >= 15 is 0 Å². The number of H-pyrrole nitrogens is 1. The second kappa shape index (κ2) is 5.01. The number of benzene rings is 1. The van der Waals surface area contributed by atoms with Gasteiger partial charge >= 0.3 is 6.03 Å². The number of carbonyl (C=O) groups excluding carboxylic acids is 1. The van der Waals surface area contributed by atoms with Crippen LogP contribution in [0.3, 0.4) is 0 Å². The minimum absolute atomic E-state index is 0.0364. The fourth-order valence-electron chi connectivity index (χ4n) is 2.08. The van der Waals surface area contributed by atoms with Gasteiger partial charge in [-0.2, -0.15) is 0 Å². The molecule has 1 aliphatic heterocycles. The van der Waals surface area contributed by atoms with E-state index in [1.807, 2.05) is 24.3 Å². The van der Waals surface area contributed by atoms with Crippen molar-refractivity contribution < 1.29 is 4.79 Å². The summed E-state index contributed by atoms with van der Waals surface area (Å²) in [6, 6.07) is 7.79. The Hall–Kier alpha value is -2.50. The van der Waals surface area contributed by atoms with Crippen molar-refractivity contribution >= 4 is 17.4 Å². The first-order chi connectivity index (χ1) is 9.33. The summed E-state index contributed by atoms with van der Waals surface area (Å²) in [4.78, 5) is 20.4. The highest BCUT2D eigenvalue weighted by Gasteiger charge is 2.20. The number of nitrogens with zero attached hydrogens (tertiary/aromatic N) is 2. The molecule has 3 rings (SSSR count). The number of aromatic nitrogens is 2. The Morgan fingerprint density at radius 3 is 3.11 bits per heavy atom. The molecule has 1 aromatic heterocycles. The third-order valence-corrected chi connectivity index (χ3v) is 3.05. The van der Waals surface area contributed by atoms with Crippen molar-refractivity contribution in [1.29, 1.82) is 0 Å². The molecule has 3 N–H and O–H groups in total. The van der Waals surface area contributed by atoms with Gasteiger partial charge in [0.15, 0.2) is 0 Å². The lowest BCUT2D eigenvalue weighted by Crippen LogP contribution is -2.27. The Balaban J connectivity index is 1.71. The van der Waals surface area contributed by atoms with Crippen molar-refractivity contribution in [3.63, 3.8) is 0 Å². The number of nitrogens with one attached hydrogen (secondary N) is 3. The van der Waals surface area contributed by atoms with Crippen LogP contribution in [0, 0.1) is 0 Å². The Morgan fingerprint density at radius 1 is 1.42 bits per heavy atom. The number of urea groups is 1. The molecule has 1 aromatic carbocycles. The highest BCUT2D eigenvalue weighted by atomic mass is 16.2. The topological polar surface area (TPSA) is 73.1 Å². The fourth-order valence-corrected chi connectivity index (χ4v) is 2.08. The SMILES string of the molecule is O=C1NCCN1c1cccc(NCc2cnc[nH]2)c1. The van der Waals surface area contributed by atoms with Gasteiger partial charge in [0.2, 0.25) is 0 Å². The van der Waals surface area contributed by atoms with Crippen molar-refractivity contribution in [2.75, 3.05) is 23.3 Å². The number of imidazole rings is 1. The van der Waals surface area contributed by atoms with E-state index in [-0.39, 0.29) is 6.03 Å². The van der Waals surface area contributed by atoms with Gasteiger partial charge in [-0.1, -0.05) is 6.07 Å².